The number of carbonyl (C=O) groups excluding carboxylic acids is 1. The van der Waals surface area contributed by atoms with E-state index in [2.05, 4.69) is 5.10 Å². The van der Waals surface area contributed by atoms with E-state index in [1.165, 1.54) is 4.90 Å². The van der Waals surface area contributed by atoms with Crippen LogP contribution in [-0.2, 0) is 11.3 Å². The molecule has 1 fully saturated rings. The molecule has 0 bridgehead atoms. The van der Waals surface area contributed by atoms with Gasteiger partial charge in [0, 0.05) is 18.3 Å². The van der Waals surface area contributed by atoms with Crippen molar-refractivity contribution >= 4 is 11.9 Å². The van der Waals surface area contributed by atoms with Crippen LogP contribution in [0.25, 0.3) is 0 Å². The number of carbonyl (C=O) groups is 2. The first-order valence-electron chi connectivity index (χ1n) is 9.45. The Balaban J connectivity index is 1.76. The molecular weight excluding hydrogens is 342 g/mol. The van der Waals surface area contributed by atoms with Gasteiger partial charge in [-0.2, -0.15) is 5.10 Å². The highest BCUT2D eigenvalue weighted by Gasteiger charge is 2.45. The molecule has 1 aliphatic rings. The predicted molar refractivity (Wildman–Crippen MR) is 103 cm³/mol. The Kier molecular flexibility index (Phi) is 5.35. The summed E-state index contributed by atoms with van der Waals surface area (Å²) < 4.78 is 1.93. The van der Waals surface area contributed by atoms with Crippen molar-refractivity contribution in [2.45, 2.75) is 58.0 Å². The number of rotatable bonds is 5. The highest BCUT2D eigenvalue weighted by atomic mass is 16.4. The molecule has 3 rings (SSSR count). The smallest absolute Gasteiger partial charge is 0.329 e. The Morgan fingerprint density at radius 2 is 1.78 bits per heavy atom. The molecule has 6 heteroatoms. The Morgan fingerprint density at radius 3 is 2.30 bits per heavy atom. The summed E-state index contributed by atoms with van der Waals surface area (Å²) in [6, 6.07) is 9.40. The number of likely N-dealkylation sites (N-methyl/N-ethyl adjacent to an activating group) is 1. The molecule has 6 nitrogen and oxygen atoms in total. The summed E-state index contributed by atoms with van der Waals surface area (Å²) in [5.74, 6) is -1.14. The van der Waals surface area contributed by atoms with E-state index in [1.807, 2.05) is 36.7 Å². The zero-order chi connectivity index (χ0) is 19.6. The lowest BCUT2D eigenvalue weighted by Crippen LogP contribution is -2.56. The third kappa shape index (κ3) is 3.75. The minimum atomic E-state index is -1.09. The van der Waals surface area contributed by atoms with Gasteiger partial charge in [0.15, 0.2) is 0 Å². The van der Waals surface area contributed by atoms with E-state index in [0.717, 1.165) is 36.2 Å². The maximum Gasteiger partial charge on any atom is 0.329 e. The van der Waals surface area contributed by atoms with Crippen LogP contribution in [0.1, 0.15) is 59.4 Å². The molecule has 144 valence electrons. The van der Waals surface area contributed by atoms with Crippen molar-refractivity contribution in [1.29, 1.82) is 0 Å². The summed E-state index contributed by atoms with van der Waals surface area (Å²) in [5.41, 5.74) is 2.55. The third-order valence-electron chi connectivity index (χ3n) is 5.66. The zero-order valence-electron chi connectivity index (χ0n) is 16.2. The standard InChI is InChI=1S/C21H27N3O3/c1-15-13-16(2)24(22-15)14-17-7-9-18(10-8-17)19(25)23(3)21(20(26)27)11-5-4-6-12-21/h7-10,13H,4-6,11-12,14H2,1-3H3,(H,26,27). The van der Waals surface area contributed by atoms with E-state index in [4.69, 9.17) is 0 Å². The van der Waals surface area contributed by atoms with Crippen molar-refractivity contribution in [3.05, 3.63) is 52.8 Å². The Morgan fingerprint density at radius 1 is 1.15 bits per heavy atom. The van der Waals surface area contributed by atoms with E-state index in [1.54, 1.807) is 19.2 Å². The number of aliphatic carboxylic acids is 1. The molecule has 1 N–H and O–H groups in total. The monoisotopic (exact) mass is 369 g/mol. The average Bonchev–Trinajstić information content (AvgIpc) is 2.98. The van der Waals surface area contributed by atoms with Gasteiger partial charge in [-0.25, -0.2) is 4.79 Å². The number of amides is 1. The van der Waals surface area contributed by atoms with E-state index < -0.39 is 11.5 Å². The number of nitrogens with zero attached hydrogens (tertiary/aromatic N) is 3. The zero-order valence-corrected chi connectivity index (χ0v) is 16.2. The summed E-state index contributed by atoms with van der Waals surface area (Å²) in [6.07, 6.45) is 3.73. The SMILES string of the molecule is Cc1cc(C)n(Cc2ccc(C(=O)N(C)C3(C(=O)O)CCCCC3)cc2)n1. The highest BCUT2D eigenvalue weighted by Crippen LogP contribution is 2.34. The van der Waals surface area contributed by atoms with Gasteiger partial charge in [-0.3, -0.25) is 9.48 Å². The molecule has 1 aromatic heterocycles. The maximum absolute atomic E-state index is 12.9. The maximum atomic E-state index is 12.9. The molecule has 0 radical (unpaired) electrons. The van der Waals surface area contributed by atoms with Crippen LogP contribution in [0, 0.1) is 13.8 Å². The van der Waals surface area contributed by atoms with E-state index in [-0.39, 0.29) is 5.91 Å². The lowest BCUT2D eigenvalue weighted by Gasteiger charge is -2.41. The minimum absolute atomic E-state index is 0.239. The van der Waals surface area contributed by atoms with Gasteiger partial charge in [-0.05, 0) is 50.5 Å². The fourth-order valence-corrected chi connectivity index (χ4v) is 3.98. The lowest BCUT2D eigenvalue weighted by molar-refractivity contribution is -0.151. The molecule has 0 saturated heterocycles. The van der Waals surface area contributed by atoms with E-state index >= 15 is 0 Å². The van der Waals surface area contributed by atoms with Gasteiger partial charge in [0.2, 0.25) is 0 Å². The van der Waals surface area contributed by atoms with Crippen LogP contribution in [0.4, 0.5) is 0 Å². The molecular formula is C21H27N3O3. The molecule has 1 amide bonds. The highest BCUT2D eigenvalue weighted by molar-refractivity contribution is 5.97. The van der Waals surface area contributed by atoms with Crippen LogP contribution >= 0.6 is 0 Å². The van der Waals surface area contributed by atoms with Gasteiger partial charge in [0.25, 0.3) is 5.91 Å². The molecule has 1 aromatic carbocycles. The first-order valence-corrected chi connectivity index (χ1v) is 9.45. The lowest BCUT2D eigenvalue weighted by atomic mass is 9.80. The van der Waals surface area contributed by atoms with Crippen molar-refractivity contribution in [3.8, 4) is 0 Å². The second-order valence-corrected chi connectivity index (χ2v) is 7.54. The van der Waals surface area contributed by atoms with Crippen LogP contribution in [0.3, 0.4) is 0 Å². The van der Waals surface area contributed by atoms with Crippen molar-refractivity contribution in [2.75, 3.05) is 7.05 Å². The van der Waals surface area contributed by atoms with Crippen LogP contribution in [0.15, 0.2) is 30.3 Å². The van der Waals surface area contributed by atoms with Gasteiger partial charge in [-0.15, -0.1) is 0 Å². The number of carboxylic acids is 1. The molecule has 0 unspecified atom stereocenters. The third-order valence-corrected chi connectivity index (χ3v) is 5.66. The van der Waals surface area contributed by atoms with Crippen LogP contribution in [0.2, 0.25) is 0 Å². The number of aromatic nitrogens is 2. The van der Waals surface area contributed by atoms with Crippen molar-refractivity contribution in [1.82, 2.24) is 14.7 Å². The van der Waals surface area contributed by atoms with Crippen molar-refractivity contribution in [2.24, 2.45) is 0 Å². The van der Waals surface area contributed by atoms with Crippen LogP contribution in [-0.4, -0.2) is 44.3 Å². The molecule has 1 aliphatic carbocycles. The summed E-state index contributed by atoms with van der Waals surface area (Å²) in [7, 11) is 1.62. The largest absolute Gasteiger partial charge is 0.479 e. The summed E-state index contributed by atoms with van der Waals surface area (Å²) in [6.45, 7) is 4.62. The van der Waals surface area contributed by atoms with Gasteiger partial charge >= 0.3 is 5.97 Å². The van der Waals surface area contributed by atoms with Crippen molar-refractivity contribution in [3.63, 3.8) is 0 Å². The first kappa shape index (κ1) is 19.1. The van der Waals surface area contributed by atoms with Gasteiger partial charge in [0.1, 0.15) is 5.54 Å². The van der Waals surface area contributed by atoms with Gasteiger partial charge in [-0.1, -0.05) is 31.4 Å². The topological polar surface area (TPSA) is 75.4 Å². The Bertz CT molecular complexity index is 833. The van der Waals surface area contributed by atoms with Gasteiger partial charge in [0.05, 0.1) is 12.2 Å². The molecule has 0 aliphatic heterocycles. The number of hydrogen-bond acceptors (Lipinski definition) is 3. The number of aryl methyl sites for hydroxylation is 2. The summed E-state index contributed by atoms with van der Waals surface area (Å²) >= 11 is 0. The average molecular weight is 369 g/mol. The van der Waals surface area contributed by atoms with Gasteiger partial charge < -0.3 is 10.0 Å². The molecule has 1 heterocycles. The van der Waals surface area contributed by atoms with Crippen molar-refractivity contribution < 1.29 is 14.7 Å². The number of hydrogen-bond donors (Lipinski definition) is 1. The normalized spacial score (nSPS) is 16.1. The molecule has 0 atom stereocenters. The minimum Gasteiger partial charge on any atom is -0.479 e. The second-order valence-electron chi connectivity index (χ2n) is 7.54. The second kappa shape index (κ2) is 7.55. The number of carboxylic acid groups (broad SMARTS) is 1. The van der Waals surface area contributed by atoms with Crippen LogP contribution in [0.5, 0.6) is 0 Å². The fourth-order valence-electron chi connectivity index (χ4n) is 3.98. The summed E-state index contributed by atoms with van der Waals surface area (Å²) in [4.78, 5) is 26.3. The number of benzene rings is 1. The van der Waals surface area contributed by atoms with E-state index in [0.29, 0.717) is 24.9 Å². The molecule has 0 spiro atoms. The fraction of sp³-hybridized carbons (Fsp3) is 0.476. The van der Waals surface area contributed by atoms with Crippen LogP contribution < -0.4 is 0 Å². The van der Waals surface area contributed by atoms with E-state index in [9.17, 15) is 14.7 Å². The predicted octanol–water partition coefficient (Wildman–Crippen LogP) is 3.41. The Hall–Kier alpha value is -2.63. The Labute approximate surface area is 159 Å². The summed E-state index contributed by atoms with van der Waals surface area (Å²) in [5, 5.41) is 14.2. The molecule has 2 aromatic rings. The molecule has 1 saturated carbocycles. The molecule has 27 heavy (non-hydrogen) atoms. The first-order chi connectivity index (χ1) is 12.8. The quantitative estimate of drug-likeness (QED) is 0.876.